The van der Waals surface area contributed by atoms with Gasteiger partial charge in [-0.15, -0.1) is 0 Å². The molecule has 0 aliphatic carbocycles. The van der Waals surface area contributed by atoms with Crippen molar-refractivity contribution in [3.8, 4) is 0 Å². The Hall–Kier alpha value is -2.81. The maximum absolute atomic E-state index is 12.6. The number of allylic oxidation sites excluding steroid dienone is 14. The van der Waals surface area contributed by atoms with Gasteiger partial charge in [0.15, 0.2) is 6.10 Å². The van der Waals surface area contributed by atoms with Crippen LogP contribution in [-0.2, 0) is 32.7 Å². The summed E-state index contributed by atoms with van der Waals surface area (Å²) in [6.45, 7) is 3.87. The van der Waals surface area contributed by atoms with Gasteiger partial charge < -0.3 is 27.9 Å². The minimum atomic E-state index is -4.65. The van der Waals surface area contributed by atoms with Gasteiger partial charge in [0, 0.05) is 12.8 Å². The van der Waals surface area contributed by atoms with E-state index in [9.17, 15) is 19.0 Å². The molecule has 0 bridgehead atoms. The van der Waals surface area contributed by atoms with E-state index in [-0.39, 0.29) is 26.1 Å². The molecule has 2 atom stereocenters. The molecule has 0 heterocycles. The van der Waals surface area contributed by atoms with E-state index in [4.69, 9.17) is 18.5 Å². The van der Waals surface area contributed by atoms with Gasteiger partial charge in [-0.05, 0) is 70.6 Å². The highest BCUT2D eigenvalue weighted by molar-refractivity contribution is 7.45. The second-order valence-corrected chi connectivity index (χ2v) is 15.6. The SMILES string of the molecule is CC/C=C\C/C=C\C/C=C\C/C=C\CCC(=O)OC(COC(=O)CCCCCCCCC/C=C\C/C=C\C/C=C\CC)COP(=O)([O-])OCC[N+](C)(C)C. The molecule has 0 fully saturated rings. The van der Waals surface area contributed by atoms with Gasteiger partial charge in [-0.25, -0.2) is 0 Å². The molecule has 54 heavy (non-hydrogen) atoms. The average molecular weight is 776 g/mol. The van der Waals surface area contributed by atoms with Gasteiger partial charge in [0.2, 0.25) is 0 Å². The highest BCUT2D eigenvalue weighted by atomic mass is 31.2. The van der Waals surface area contributed by atoms with Crippen LogP contribution in [0.5, 0.6) is 0 Å². The molecular formula is C44H74NO8P. The molecule has 0 aromatic heterocycles. The molecular weight excluding hydrogens is 701 g/mol. The summed E-state index contributed by atoms with van der Waals surface area (Å²) in [5, 5.41) is 0. The molecule has 0 spiro atoms. The monoisotopic (exact) mass is 776 g/mol. The fourth-order valence-corrected chi connectivity index (χ4v) is 5.53. The third kappa shape index (κ3) is 38.9. The van der Waals surface area contributed by atoms with E-state index < -0.39 is 32.5 Å². The van der Waals surface area contributed by atoms with Crippen molar-refractivity contribution in [2.45, 2.75) is 136 Å². The zero-order valence-electron chi connectivity index (χ0n) is 34.4. The number of carbonyl (C=O) groups is 2. The van der Waals surface area contributed by atoms with Crippen molar-refractivity contribution >= 4 is 19.8 Å². The van der Waals surface area contributed by atoms with Crippen molar-refractivity contribution in [1.29, 1.82) is 0 Å². The molecule has 0 rings (SSSR count). The molecule has 0 radical (unpaired) electrons. The Bertz CT molecular complexity index is 1200. The Morgan fingerprint density at radius 2 is 1.04 bits per heavy atom. The van der Waals surface area contributed by atoms with E-state index in [0.29, 0.717) is 23.9 Å². The van der Waals surface area contributed by atoms with Crippen LogP contribution >= 0.6 is 7.82 Å². The predicted molar refractivity (Wildman–Crippen MR) is 222 cm³/mol. The molecule has 0 aromatic carbocycles. The lowest BCUT2D eigenvalue weighted by Gasteiger charge is -2.28. The second-order valence-electron chi connectivity index (χ2n) is 14.2. The van der Waals surface area contributed by atoms with Crippen molar-refractivity contribution in [2.24, 2.45) is 0 Å². The zero-order chi connectivity index (χ0) is 40.0. The lowest BCUT2D eigenvalue weighted by molar-refractivity contribution is -0.870. The number of hydrogen-bond acceptors (Lipinski definition) is 8. The molecule has 0 aromatic rings. The summed E-state index contributed by atoms with van der Waals surface area (Å²) in [5.41, 5.74) is 0. The highest BCUT2D eigenvalue weighted by Gasteiger charge is 2.21. The fraction of sp³-hybridized carbons (Fsp3) is 0.636. The number of nitrogens with zero attached hydrogens (tertiary/aromatic N) is 1. The first-order chi connectivity index (χ1) is 26.0. The number of phosphoric ester groups is 1. The van der Waals surface area contributed by atoms with Gasteiger partial charge in [0.1, 0.15) is 19.8 Å². The van der Waals surface area contributed by atoms with E-state index in [1.165, 1.54) is 19.3 Å². The Kier molecular flexibility index (Phi) is 34.0. The third-order valence-electron chi connectivity index (χ3n) is 7.92. The first kappa shape index (κ1) is 51.2. The maximum atomic E-state index is 12.6. The molecule has 308 valence electrons. The van der Waals surface area contributed by atoms with Crippen LogP contribution in [-0.4, -0.2) is 70.0 Å². The molecule has 0 N–H and O–H groups in total. The Morgan fingerprint density at radius 3 is 1.56 bits per heavy atom. The minimum absolute atomic E-state index is 0.0499. The lowest BCUT2D eigenvalue weighted by atomic mass is 10.1. The number of quaternary nitrogens is 1. The van der Waals surface area contributed by atoms with Gasteiger partial charge in [0.05, 0.1) is 27.7 Å². The number of ether oxygens (including phenoxy) is 2. The standard InChI is InChI=1S/C44H74NO8P/c1-6-8-10-12-14-16-18-20-21-22-23-25-26-28-30-32-34-36-43(46)50-40-42(41-52-54(48,49)51-39-38-45(3,4)5)53-44(47)37-35-33-31-29-27-24-19-17-15-13-11-9-7-2/h8-11,14-17,20-21,24,27,31,33,42H,6-7,12-13,18-19,22-23,25-26,28-30,32,34-41H2,1-5H3/b10-8-,11-9-,16-14-,17-15-,21-20-,27-24-,33-31-. The van der Waals surface area contributed by atoms with Crippen molar-refractivity contribution in [2.75, 3.05) is 47.5 Å². The zero-order valence-corrected chi connectivity index (χ0v) is 35.3. The summed E-state index contributed by atoms with van der Waals surface area (Å²) in [6.07, 6.45) is 44.9. The Balaban J connectivity index is 4.50. The molecule has 9 nitrogen and oxygen atoms in total. The molecule has 0 saturated carbocycles. The largest absolute Gasteiger partial charge is 0.756 e. The highest BCUT2D eigenvalue weighted by Crippen LogP contribution is 2.38. The van der Waals surface area contributed by atoms with E-state index >= 15 is 0 Å². The first-order valence-electron chi connectivity index (χ1n) is 20.3. The normalized spacial score (nSPS) is 14.6. The maximum Gasteiger partial charge on any atom is 0.306 e. The third-order valence-corrected chi connectivity index (χ3v) is 8.89. The van der Waals surface area contributed by atoms with E-state index in [1.807, 2.05) is 33.3 Å². The summed E-state index contributed by atoms with van der Waals surface area (Å²) in [4.78, 5) is 37.4. The second kappa shape index (κ2) is 35.9. The lowest BCUT2D eigenvalue weighted by Crippen LogP contribution is -2.37. The average Bonchev–Trinajstić information content (AvgIpc) is 3.12. The summed E-state index contributed by atoms with van der Waals surface area (Å²) in [7, 11) is 1.10. The fourth-order valence-electron chi connectivity index (χ4n) is 4.80. The summed E-state index contributed by atoms with van der Waals surface area (Å²) in [6, 6.07) is 0. The number of hydrogen-bond donors (Lipinski definition) is 0. The van der Waals surface area contributed by atoms with E-state index in [1.54, 1.807) is 0 Å². The van der Waals surface area contributed by atoms with Gasteiger partial charge in [-0.1, -0.05) is 131 Å². The van der Waals surface area contributed by atoms with Crippen LogP contribution in [0.1, 0.15) is 129 Å². The van der Waals surface area contributed by atoms with Crippen LogP contribution in [0.4, 0.5) is 0 Å². The first-order valence-corrected chi connectivity index (χ1v) is 21.8. The molecule has 10 heteroatoms. The topological polar surface area (TPSA) is 111 Å². The van der Waals surface area contributed by atoms with Crippen molar-refractivity contribution in [3.05, 3.63) is 85.1 Å². The number of rotatable bonds is 35. The van der Waals surface area contributed by atoms with Gasteiger partial charge in [-0.2, -0.15) is 0 Å². The molecule has 0 saturated heterocycles. The quantitative estimate of drug-likeness (QED) is 0.0206. The summed E-state index contributed by atoms with van der Waals surface area (Å²) >= 11 is 0. The van der Waals surface area contributed by atoms with E-state index in [2.05, 4.69) is 86.8 Å². The molecule has 0 aliphatic rings. The van der Waals surface area contributed by atoms with Crippen molar-refractivity contribution in [3.63, 3.8) is 0 Å². The number of likely N-dealkylation sites (N-methyl/N-ethyl adjacent to an activating group) is 1. The van der Waals surface area contributed by atoms with Crippen LogP contribution in [0, 0.1) is 0 Å². The number of unbranched alkanes of at least 4 members (excludes halogenated alkanes) is 7. The number of carbonyl (C=O) groups excluding carboxylic acids is 2. The van der Waals surface area contributed by atoms with Crippen LogP contribution in [0.15, 0.2) is 85.1 Å². The number of esters is 2. The van der Waals surface area contributed by atoms with Crippen molar-refractivity contribution in [1.82, 2.24) is 0 Å². The van der Waals surface area contributed by atoms with Crippen LogP contribution in [0.2, 0.25) is 0 Å². The van der Waals surface area contributed by atoms with Crippen LogP contribution < -0.4 is 4.89 Å². The van der Waals surface area contributed by atoms with E-state index in [0.717, 1.165) is 70.6 Å². The van der Waals surface area contributed by atoms with Gasteiger partial charge in [0.25, 0.3) is 7.82 Å². The Morgan fingerprint density at radius 1 is 0.574 bits per heavy atom. The van der Waals surface area contributed by atoms with Crippen molar-refractivity contribution < 1.29 is 42.1 Å². The Labute approximate surface area is 329 Å². The van der Waals surface area contributed by atoms with Crippen LogP contribution in [0.3, 0.4) is 0 Å². The molecule has 0 amide bonds. The minimum Gasteiger partial charge on any atom is -0.756 e. The molecule has 0 aliphatic heterocycles. The van der Waals surface area contributed by atoms with Gasteiger partial charge >= 0.3 is 11.9 Å². The van der Waals surface area contributed by atoms with Gasteiger partial charge in [-0.3, -0.25) is 14.2 Å². The smallest absolute Gasteiger partial charge is 0.306 e. The number of phosphoric acid groups is 1. The summed E-state index contributed by atoms with van der Waals surface area (Å²) in [5.74, 6) is -0.951. The van der Waals surface area contributed by atoms with Crippen LogP contribution in [0.25, 0.3) is 0 Å². The predicted octanol–water partition coefficient (Wildman–Crippen LogP) is 10.6. The molecule has 2 unspecified atom stereocenters. The summed E-state index contributed by atoms with van der Waals surface area (Å²) < 4.78 is 33.7.